The molecule has 1 N–H and O–H groups in total. The molecule has 0 spiro atoms. The first kappa shape index (κ1) is 16.1. The van der Waals surface area contributed by atoms with Crippen LogP contribution in [0.15, 0.2) is 23.9 Å². The molecule has 0 bridgehead atoms. The highest BCUT2D eigenvalue weighted by Crippen LogP contribution is 2.24. The summed E-state index contributed by atoms with van der Waals surface area (Å²) in [4.78, 5) is 11.0. The predicted octanol–water partition coefficient (Wildman–Crippen LogP) is 1.23. The average molecular weight is 338 g/mol. The lowest BCUT2D eigenvalue weighted by atomic mass is 10.00. The lowest BCUT2D eigenvalue weighted by molar-refractivity contribution is 0.239. The molecule has 2 aromatic heterocycles. The van der Waals surface area contributed by atoms with Crippen LogP contribution in [0.2, 0.25) is 0 Å². The van der Waals surface area contributed by atoms with Crippen molar-refractivity contribution in [2.75, 3.05) is 13.1 Å². The van der Waals surface area contributed by atoms with E-state index in [9.17, 15) is 8.42 Å². The largest absolute Gasteiger partial charge is 0.332 e. The number of aromatic nitrogens is 5. The van der Waals surface area contributed by atoms with Crippen LogP contribution < -0.4 is 0 Å². The van der Waals surface area contributed by atoms with E-state index in [4.69, 9.17) is 0 Å². The monoisotopic (exact) mass is 338 g/mol. The molecular formula is C14H22N6O2S. The van der Waals surface area contributed by atoms with E-state index >= 15 is 0 Å². The first-order chi connectivity index (χ1) is 11.0. The highest BCUT2D eigenvalue weighted by Gasteiger charge is 2.32. The first-order valence-corrected chi connectivity index (χ1v) is 9.28. The fraction of sp³-hybridized carbons (Fsp3) is 0.643. The Balaban J connectivity index is 1.73. The third kappa shape index (κ3) is 3.45. The molecule has 1 unspecified atom stereocenters. The summed E-state index contributed by atoms with van der Waals surface area (Å²) >= 11 is 0. The molecule has 2 aromatic rings. The van der Waals surface area contributed by atoms with Crippen LogP contribution in [-0.4, -0.2) is 50.5 Å². The van der Waals surface area contributed by atoms with Crippen LogP contribution in [-0.2, 0) is 16.6 Å². The highest BCUT2D eigenvalue weighted by molar-refractivity contribution is 7.89. The zero-order valence-corrected chi connectivity index (χ0v) is 14.2. The maximum Gasteiger partial charge on any atom is 0.260 e. The second-order valence-corrected chi connectivity index (χ2v) is 8.18. The number of hydrogen-bond acceptors (Lipinski definition) is 5. The van der Waals surface area contributed by atoms with Gasteiger partial charge in [-0.05, 0) is 18.8 Å². The summed E-state index contributed by atoms with van der Waals surface area (Å²) in [5.74, 6) is 1.10. The fourth-order valence-corrected chi connectivity index (χ4v) is 4.34. The van der Waals surface area contributed by atoms with Gasteiger partial charge in [0.1, 0.15) is 18.5 Å². The minimum Gasteiger partial charge on any atom is -0.332 e. The second-order valence-electron chi connectivity index (χ2n) is 6.28. The Kier molecular flexibility index (Phi) is 4.49. The Bertz CT molecular complexity index is 737. The summed E-state index contributed by atoms with van der Waals surface area (Å²) in [6.45, 7) is 5.69. The van der Waals surface area contributed by atoms with Crippen molar-refractivity contribution in [2.45, 2.75) is 44.2 Å². The van der Waals surface area contributed by atoms with Gasteiger partial charge < -0.3 is 4.98 Å². The average Bonchev–Trinajstić information content (AvgIpc) is 3.19. The smallest absolute Gasteiger partial charge is 0.260 e. The van der Waals surface area contributed by atoms with Crippen molar-refractivity contribution in [2.24, 2.45) is 5.92 Å². The van der Waals surface area contributed by atoms with Gasteiger partial charge in [0.05, 0.1) is 6.20 Å². The van der Waals surface area contributed by atoms with E-state index in [1.165, 1.54) is 12.5 Å². The van der Waals surface area contributed by atoms with Crippen molar-refractivity contribution in [3.8, 4) is 0 Å². The summed E-state index contributed by atoms with van der Waals surface area (Å²) in [6, 6.07) is 0. The second kappa shape index (κ2) is 6.40. The van der Waals surface area contributed by atoms with Crippen LogP contribution in [0.5, 0.6) is 0 Å². The molecule has 0 aliphatic carbocycles. The molecule has 1 saturated heterocycles. The van der Waals surface area contributed by atoms with Crippen LogP contribution >= 0.6 is 0 Å². The van der Waals surface area contributed by atoms with Gasteiger partial charge in [-0.3, -0.25) is 4.68 Å². The highest BCUT2D eigenvalue weighted by atomic mass is 32.2. The number of sulfonamides is 1. The first-order valence-electron chi connectivity index (χ1n) is 7.84. The van der Waals surface area contributed by atoms with Crippen molar-refractivity contribution in [1.29, 1.82) is 0 Å². The van der Waals surface area contributed by atoms with Crippen molar-refractivity contribution in [1.82, 2.24) is 29.0 Å². The molecule has 9 heteroatoms. The zero-order chi connectivity index (χ0) is 16.4. The van der Waals surface area contributed by atoms with E-state index in [0.717, 1.165) is 12.8 Å². The topological polar surface area (TPSA) is 96.8 Å². The summed E-state index contributed by atoms with van der Waals surface area (Å²) in [6.07, 6.45) is 6.42. The lowest BCUT2D eigenvalue weighted by Crippen LogP contribution is -2.41. The quantitative estimate of drug-likeness (QED) is 0.884. The number of hydrogen-bond donors (Lipinski definition) is 1. The van der Waals surface area contributed by atoms with E-state index in [1.54, 1.807) is 15.3 Å². The Hall–Kier alpha value is -1.74. The molecule has 3 heterocycles. The Morgan fingerprint density at radius 2 is 2.26 bits per heavy atom. The van der Waals surface area contributed by atoms with Crippen LogP contribution in [0.4, 0.5) is 0 Å². The van der Waals surface area contributed by atoms with Gasteiger partial charge in [0.15, 0.2) is 5.03 Å². The predicted molar refractivity (Wildman–Crippen MR) is 84.2 cm³/mol. The number of rotatable bonds is 5. The van der Waals surface area contributed by atoms with Crippen LogP contribution in [0.25, 0.3) is 0 Å². The third-order valence-electron chi connectivity index (χ3n) is 4.13. The fourth-order valence-electron chi connectivity index (χ4n) is 2.87. The molecule has 1 atom stereocenters. The van der Waals surface area contributed by atoms with Crippen LogP contribution in [0.3, 0.4) is 0 Å². The number of H-pyrrole nitrogens is 1. The Labute approximate surface area is 136 Å². The van der Waals surface area contributed by atoms with Crippen molar-refractivity contribution < 1.29 is 8.42 Å². The number of piperidine rings is 1. The molecule has 23 heavy (non-hydrogen) atoms. The zero-order valence-electron chi connectivity index (χ0n) is 13.4. The number of nitrogens with zero attached hydrogens (tertiary/aromatic N) is 5. The van der Waals surface area contributed by atoms with Gasteiger partial charge in [-0.2, -0.15) is 9.40 Å². The van der Waals surface area contributed by atoms with Crippen molar-refractivity contribution in [3.05, 3.63) is 24.7 Å². The number of imidazole rings is 1. The van der Waals surface area contributed by atoms with Crippen LogP contribution in [0.1, 0.15) is 38.4 Å². The molecular weight excluding hydrogens is 316 g/mol. The molecule has 1 aliphatic heterocycles. The van der Waals surface area contributed by atoms with Gasteiger partial charge in [0.2, 0.25) is 0 Å². The summed E-state index contributed by atoms with van der Waals surface area (Å²) in [5, 5.41) is 4.28. The standard InChI is InChI=1S/C14H22N6O2S/c1-11(2)14-16-6-13(18-14)23(21,22)20-5-3-4-12(8-20)7-19-10-15-9-17-19/h6,9-12H,3-5,7-8H2,1-2H3,(H,16,18). The van der Waals surface area contributed by atoms with Gasteiger partial charge in [-0.1, -0.05) is 13.8 Å². The third-order valence-corrected chi connectivity index (χ3v) is 5.91. The molecule has 3 rings (SSSR count). The molecule has 1 fully saturated rings. The summed E-state index contributed by atoms with van der Waals surface area (Å²) in [5.41, 5.74) is 0. The van der Waals surface area contributed by atoms with Gasteiger partial charge in [-0.15, -0.1) is 0 Å². The van der Waals surface area contributed by atoms with E-state index in [2.05, 4.69) is 20.1 Å². The molecule has 0 saturated carbocycles. The molecule has 126 valence electrons. The Morgan fingerprint density at radius 1 is 1.43 bits per heavy atom. The number of nitrogens with one attached hydrogen (secondary N) is 1. The van der Waals surface area contributed by atoms with Crippen LogP contribution in [0, 0.1) is 5.92 Å². The molecule has 0 radical (unpaired) electrons. The minimum atomic E-state index is -3.52. The lowest BCUT2D eigenvalue weighted by Gasteiger charge is -2.31. The van der Waals surface area contributed by atoms with Gasteiger partial charge in [0.25, 0.3) is 10.0 Å². The summed E-state index contributed by atoms with van der Waals surface area (Å²) < 4.78 is 28.9. The van der Waals surface area contributed by atoms with E-state index in [1.807, 2.05) is 13.8 Å². The van der Waals surface area contributed by atoms with Gasteiger partial charge >= 0.3 is 0 Å². The van der Waals surface area contributed by atoms with Gasteiger partial charge in [0, 0.05) is 25.6 Å². The van der Waals surface area contributed by atoms with Crippen molar-refractivity contribution in [3.63, 3.8) is 0 Å². The normalized spacial score (nSPS) is 20.2. The molecule has 8 nitrogen and oxygen atoms in total. The van der Waals surface area contributed by atoms with E-state index in [0.29, 0.717) is 25.5 Å². The van der Waals surface area contributed by atoms with Crippen molar-refractivity contribution >= 4 is 10.0 Å². The molecule has 0 amide bonds. The van der Waals surface area contributed by atoms with Gasteiger partial charge in [-0.25, -0.2) is 18.4 Å². The van der Waals surface area contributed by atoms with E-state index in [-0.39, 0.29) is 16.9 Å². The Morgan fingerprint density at radius 3 is 2.91 bits per heavy atom. The maximum absolute atomic E-state index is 12.8. The SMILES string of the molecule is CC(C)c1ncc(S(=O)(=O)N2CCCC(Cn3cncn3)C2)[nH]1. The maximum atomic E-state index is 12.8. The minimum absolute atomic E-state index is 0.167. The van der Waals surface area contributed by atoms with E-state index < -0.39 is 10.0 Å². The number of aromatic amines is 1. The molecule has 1 aliphatic rings. The summed E-state index contributed by atoms with van der Waals surface area (Å²) in [7, 11) is -3.52. The molecule has 0 aromatic carbocycles.